The molecule has 3 atom stereocenters. The molecule has 6 heteroatoms. The Morgan fingerprint density at radius 1 is 1.24 bits per heavy atom. The highest BCUT2D eigenvalue weighted by molar-refractivity contribution is 5.86. The molecule has 1 saturated carbocycles. The summed E-state index contributed by atoms with van der Waals surface area (Å²) in [5, 5.41) is 6.40. The van der Waals surface area contributed by atoms with Crippen molar-refractivity contribution < 1.29 is 9.59 Å². The summed E-state index contributed by atoms with van der Waals surface area (Å²) in [5.74, 6) is 0.840. The van der Waals surface area contributed by atoms with E-state index in [-0.39, 0.29) is 42.8 Å². The summed E-state index contributed by atoms with van der Waals surface area (Å²) in [6.45, 7) is 2.39. The average Bonchev–Trinajstić information content (AvgIpc) is 2.97. The number of fused-ring (bicyclic) bond motifs is 1. The Bertz CT molecular complexity index is 385. The van der Waals surface area contributed by atoms with Gasteiger partial charge in [0.1, 0.15) is 0 Å². The molecule has 2 N–H and O–H groups in total. The molecule has 0 bridgehead atoms. The van der Waals surface area contributed by atoms with Crippen molar-refractivity contribution in [1.82, 2.24) is 15.5 Å². The molecular formula is C15H26ClN3O2. The summed E-state index contributed by atoms with van der Waals surface area (Å²) < 4.78 is 0. The van der Waals surface area contributed by atoms with Crippen molar-refractivity contribution in [2.45, 2.75) is 57.0 Å². The molecule has 0 radical (unpaired) electrons. The Hall–Kier alpha value is -0.810. The molecule has 21 heavy (non-hydrogen) atoms. The summed E-state index contributed by atoms with van der Waals surface area (Å²) >= 11 is 0. The molecule has 5 nitrogen and oxygen atoms in total. The van der Waals surface area contributed by atoms with Gasteiger partial charge in [-0.3, -0.25) is 9.59 Å². The summed E-state index contributed by atoms with van der Waals surface area (Å²) in [5.41, 5.74) is 0. The van der Waals surface area contributed by atoms with Crippen molar-refractivity contribution >= 4 is 24.2 Å². The lowest BCUT2D eigenvalue weighted by Crippen LogP contribution is -2.62. The first kappa shape index (κ1) is 16.6. The molecule has 3 rings (SSSR count). The minimum Gasteiger partial charge on any atom is -0.350 e. The quantitative estimate of drug-likeness (QED) is 0.819. The van der Waals surface area contributed by atoms with E-state index in [0.29, 0.717) is 12.3 Å². The third kappa shape index (κ3) is 3.89. The minimum absolute atomic E-state index is 0. The molecule has 0 aromatic heterocycles. The molecule has 3 aliphatic rings. The Kier molecular flexibility index (Phi) is 5.88. The number of rotatable bonds is 3. The number of carbonyl (C=O) groups excluding carboxylic acids is 2. The van der Waals surface area contributed by atoms with E-state index in [9.17, 15) is 9.59 Å². The largest absolute Gasteiger partial charge is 0.350 e. The van der Waals surface area contributed by atoms with Crippen LogP contribution in [-0.4, -0.2) is 48.4 Å². The van der Waals surface area contributed by atoms with Gasteiger partial charge in [0.15, 0.2) is 0 Å². The van der Waals surface area contributed by atoms with E-state index < -0.39 is 0 Å². The first-order valence-corrected chi connectivity index (χ1v) is 8.03. The smallest absolute Gasteiger partial charge is 0.239 e. The zero-order valence-corrected chi connectivity index (χ0v) is 13.3. The standard InChI is InChI=1S/C15H25N3O2.ClH/c19-14-10-18(13-4-2-1-3-12(13)17-14)15(20)6-5-11-7-8-16-9-11;/h11-13,16H,1-10H2,(H,17,19);1H. The van der Waals surface area contributed by atoms with E-state index in [1.165, 1.54) is 12.8 Å². The van der Waals surface area contributed by atoms with Gasteiger partial charge in [-0.15, -0.1) is 12.4 Å². The van der Waals surface area contributed by atoms with Crippen molar-refractivity contribution in [3.8, 4) is 0 Å². The van der Waals surface area contributed by atoms with Gasteiger partial charge in [-0.05, 0) is 44.7 Å². The van der Waals surface area contributed by atoms with Gasteiger partial charge in [0.2, 0.25) is 11.8 Å². The van der Waals surface area contributed by atoms with Crippen molar-refractivity contribution in [1.29, 1.82) is 0 Å². The number of piperazine rings is 1. The summed E-state index contributed by atoms with van der Waals surface area (Å²) in [6, 6.07) is 0.442. The predicted molar refractivity (Wildman–Crippen MR) is 83.4 cm³/mol. The first-order chi connectivity index (χ1) is 9.74. The van der Waals surface area contributed by atoms with Crippen LogP contribution in [0.2, 0.25) is 0 Å². The zero-order chi connectivity index (χ0) is 13.9. The molecule has 1 aliphatic carbocycles. The Labute approximate surface area is 132 Å². The number of nitrogens with one attached hydrogen (secondary N) is 2. The molecule has 0 aromatic carbocycles. The van der Waals surface area contributed by atoms with Gasteiger partial charge in [-0.1, -0.05) is 12.8 Å². The lowest BCUT2D eigenvalue weighted by atomic mass is 9.87. The Morgan fingerprint density at radius 3 is 2.81 bits per heavy atom. The monoisotopic (exact) mass is 315 g/mol. The van der Waals surface area contributed by atoms with Crippen LogP contribution in [0.4, 0.5) is 0 Å². The maximum atomic E-state index is 12.5. The van der Waals surface area contributed by atoms with Crippen molar-refractivity contribution in [3.63, 3.8) is 0 Å². The lowest BCUT2D eigenvalue weighted by molar-refractivity contribution is -0.144. The number of hydrogen-bond donors (Lipinski definition) is 2. The Morgan fingerprint density at radius 2 is 2.05 bits per heavy atom. The molecule has 3 unspecified atom stereocenters. The molecule has 0 spiro atoms. The van der Waals surface area contributed by atoms with Gasteiger partial charge < -0.3 is 15.5 Å². The minimum atomic E-state index is 0. The second kappa shape index (κ2) is 7.45. The van der Waals surface area contributed by atoms with Crippen LogP contribution in [0.15, 0.2) is 0 Å². The highest BCUT2D eigenvalue weighted by atomic mass is 35.5. The van der Waals surface area contributed by atoms with Crippen LogP contribution >= 0.6 is 12.4 Å². The summed E-state index contributed by atoms with van der Waals surface area (Å²) in [4.78, 5) is 26.1. The Balaban J connectivity index is 0.00000161. The molecule has 2 amide bonds. The summed E-state index contributed by atoms with van der Waals surface area (Å²) in [6.07, 6.45) is 7.14. The van der Waals surface area contributed by atoms with Crippen molar-refractivity contribution in [2.24, 2.45) is 5.92 Å². The maximum absolute atomic E-state index is 12.5. The van der Waals surface area contributed by atoms with E-state index >= 15 is 0 Å². The van der Waals surface area contributed by atoms with E-state index in [1.54, 1.807) is 0 Å². The van der Waals surface area contributed by atoms with E-state index in [1.807, 2.05) is 4.90 Å². The van der Waals surface area contributed by atoms with Crippen molar-refractivity contribution in [2.75, 3.05) is 19.6 Å². The van der Waals surface area contributed by atoms with Gasteiger partial charge >= 0.3 is 0 Å². The van der Waals surface area contributed by atoms with Crippen LogP contribution in [0.25, 0.3) is 0 Å². The van der Waals surface area contributed by atoms with Crippen LogP contribution < -0.4 is 10.6 Å². The van der Waals surface area contributed by atoms with E-state index in [2.05, 4.69) is 10.6 Å². The van der Waals surface area contributed by atoms with Crippen molar-refractivity contribution in [3.05, 3.63) is 0 Å². The third-order valence-electron chi connectivity index (χ3n) is 5.04. The molecule has 120 valence electrons. The number of amides is 2. The second-order valence-corrected chi connectivity index (χ2v) is 6.44. The van der Waals surface area contributed by atoms with Crippen LogP contribution in [0, 0.1) is 5.92 Å². The maximum Gasteiger partial charge on any atom is 0.239 e. The fourth-order valence-corrected chi connectivity index (χ4v) is 3.88. The van der Waals surface area contributed by atoms with Gasteiger partial charge in [-0.2, -0.15) is 0 Å². The number of halogens is 1. The van der Waals surface area contributed by atoms with Gasteiger partial charge in [0.05, 0.1) is 12.6 Å². The molecule has 2 saturated heterocycles. The topological polar surface area (TPSA) is 61.4 Å². The fourth-order valence-electron chi connectivity index (χ4n) is 3.88. The molecule has 0 aromatic rings. The van der Waals surface area contributed by atoms with Gasteiger partial charge in [-0.25, -0.2) is 0 Å². The van der Waals surface area contributed by atoms with E-state index in [4.69, 9.17) is 0 Å². The predicted octanol–water partition coefficient (Wildman–Crippen LogP) is 1.07. The van der Waals surface area contributed by atoms with Crippen LogP contribution in [0.5, 0.6) is 0 Å². The van der Waals surface area contributed by atoms with Crippen LogP contribution in [0.3, 0.4) is 0 Å². The molecular weight excluding hydrogens is 290 g/mol. The van der Waals surface area contributed by atoms with Gasteiger partial charge in [0, 0.05) is 12.5 Å². The van der Waals surface area contributed by atoms with Gasteiger partial charge in [0.25, 0.3) is 0 Å². The molecule has 2 aliphatic heterocycles. The molecule has 2 heterocycles. The highest BCUT2D eigenvalue weighted by Gasteiger charge is 2.38. The average molecular weight is 316 g/mol. The highest BCUT2D eigenvalue weighted by Crippen LogP contribution is 2.27. The third-order valence-corrected chi connectivity index (χ3v) is 5.04. The van der Waals surface area contributed by atoms with E-state index in [0.717, 1.165) is 38.8 Å². The lowest BCUT2D eigenvalue weighted by Gasteiger charge is -2.44. The van der Waals surface area contributed by atoms with Crippen LogP contribution in [0.1, 0.15) is 44.9 Å². The number of carbonyl (C=O) groups is 2. The summed E-state index contributed by atoms with van der Waals surface area (Å²) in [7, 11) is 0. The first-order valence-electron chi connectivity index (χ1n) is 8.03. The SMILES string of the molecule is Cl.O=C1CN(C(=O)CCC2CCNC2)C2CCCCC2N1. The zero-order valence-electron chi connectivity index (χ0n) is 12.5. The number of nitrogens with zero attached hydrogens (tertiary/aromatic N) is 1. The fraction of sp³-hybridized carbons (Fsp3) is 0.867. The molecule has 3 fully saturated rings. The normalized spacial score (nSPS) is 32.1. The second-order valence-electron chi connectivity index (χ2n) is 6.44. The van der Waals surface area contributed by atoms with Crippen LogP contribution in [-0.2, 0) is 9.59 Å². The number of hydrogen-bond acceptors (Lipinski definition) is 3.